The lowest BCUT2D eigenvalue weighted by Gasteiger charge is -1.96. The van der Waals surface area contributed by atoms with Gasteiger partial charge in [-0.15, -0.1) is 0 Å². The van der Waals surface area contributed by atoms with Crippen LogP contribution in [0, 0.1) is 11.3 Å². The van der Waals surface area contributed by atoms with E-state index in [9.17, 15) is 0 Å². The Labute approximate surface area is 102 Å². The number of rotatable bonds is 2. The molecule has 7 heteroatoms. The van der Waals surface area contributed by atoms with E-state index < -0.39 is 0 Å². The van der Waals surface area contributed by atoms with Crippen LogP contribution in [0.5, 0.6) is 0 Å². The summed E-state index contributed by atoms with van der Waals surface area (Å²) in [5, 5.41) is 11.7. The smallest absolute Gasteiger partial charge is 0.280 e. The first-order valence-electron chi connectivity index (χ1n) is 5.19. The highest BCUT2D eigenvalue weighted by Gasteiger charge is 2.07. The zero-order valence-electron chi connectivity index (χ0n) is 9.18. The largest absolute Gasteiger partial charge is 0.342 e. The average molecular weight is 238 g/mol. The number of aromatic amines is 2. The van der Waals surface area contributed by atoms with Gasteiger partial charge in [-0.05, 0) is 0 Å². The van der Waals surface area contributed by atoms with Gasteiger partial charge >= 0.3 is 0 Å². The fourth-order valence-electron chi connectivity index (χ4n) is 1.53. The third kappa shape index (κ3) is 1.82. The van der Waals surface area contributed by atoms with Crippen LogP contribution in [-0.2, 0) is 0 Å². The molecule has 0 radical (unpaired) electrons. The summed E-state index contributed by atoms with van der Waals surface area (Å²) in [4.78, 5) is 18.2. The Morgan fingerprint density at radius 3 is 3.00 bits per heavy atom. The first-order chi connectivity index (χ1) is 8.85. The highest BCUT2D eigenvalue weighted by Crippen LogP contribution is 2.12. The molecule has 3 heterocycles. The SMILES string of the molecule is N#Cc1cnc(Nc2cc3nc[nH]c3c[nH+]2)cn1. The molecule has 0 amide bonds. The normalized spacial score (nSPS) is 10.2. The van der Waals surface area contributed by atoms with Crippen molar-refractivity contribution in [2.45, 2.75) is 0 Å². The molecule has 0 aromatic carbocycles. The molecule has 0 atom stereocenters. The summed E-state index contributed by atoms with van der Waals surface area (Å²) in [6.45, 7) is 0. The molecule has 3 N–H and O–H groups in total. The molecule has 3 aromatic rings. The van der Waals surface area contributed by atoms with Crippen LogP contribution in [0.3, 0.4) is 0 Å². The number of fused-ring (bicyclic) bond motifs is 1. The quantitative estimate of drug-likeness (QED) is 0.686. The number of hydrogen-bond donors (Lipinski definition) is 2. The van der Waals surface area contributed by atoms with Crippen molar-refractivity contribution in [1.82, 2.24) is 19.9 Å². The van der Waals surface area contributed by atoms with E-state index in [0.717, 1.165) is 16.9 Å². The Bertz CT molecular complexity index is 723. The maximum Gasteiger partial charge on any atom is 0.280 e. The molecule has 0 spiro atoms. The van der Waals surface area contributed by atoms with E-state index in [0.29, 0.717) is 5.82 Å². The molecule has 18 heavy (non-hydrogen) atoms. The number of aromatic nitrogens is 5. The summed E-state index contributed by atoms with van der Waals surface area (Å²) >= 11 is 0. The molecule has 3 aromatic heterocycles. The molecule has 86 valence electrons. The standard InChI is InChI=1S/C11H7N7/c12-2-7-3-14-11(5-13-7)18-10-1-8-9(4-15-10)17-6-16-8/h1,3-6H,(H,16,17)(H,14,15,18)/p+1. The number of hydrogen-bond acceptors (Lipinski definition) is 5. The van der Waals surface area contributed by atoms with Crippen molar-refractivity contribution < 1.29 is 4.98 Å². The fraction of sp³-hybridized carbons (Fsp3) is 0. The van der Waals surface area contributed by atoms with Crippen molar-refractivity contribution in [1.29, 1.82) is 5.26 Å². The van der Waals surface area contributed by atoms with Crippen molar-refractivity contribution in [3.8, 4) is 6.07 Å². The summed E-state index contributed by atoms with van der Waals surface area (Å²) in [6.07, 6.45) is 6.35. The number of imidazole rings is 1. The molecule has 0 saturated heterocycles. The summed E-state index contributed by atoms with van der Waals surface area (Å²) in [5.74, 6) is 1.30. The topological polar surface area (TPSA) is 104 Å². The number of nitriles is 1. The van der Waals surface area contributed by atoms with Gasteiger partial charge < -0.3 is 4.98 Å². The maximum absolute atomic E-state index is 8.62. The van der Waals surface area contributed by atoms with Crippen LogP contribution in [0.15, 0.2) is 31.0 Å². The van der Waals surface area contributed by atoms with Crippen molar-refractivity contribution in [3.63, 3.8) is 0 Å². The number of nitrogens with zero attached hydrogens (tertiary/aromatic N) is 4. The van der Waals surface area contributed by atoms with Crippen LogP contribution in [0.2, 0.25) is 0 Å². The lowest BCUT2D eigenvalue weighted by molar-refractivity contribution is -0.358. The van der Waals surface area contributed by atoms with Crippen LogP contribution >= 0.6 is 0 Å². The highest BCUT2D eigenvalue weighted by atomic mass is 15.1. The zero-order chi connectivity index (χ0) is 12.4. The van der Waals surface area contributed by atoms with E-state index >= 15 is 0 Å². The Morgan fingerprint density at radius 1 is 1.28 bits per heavy atom. The second-order valence-corrected chi connectivity index (χ2v) is 3.57. The van der Waals surface area contributed by atoms with Crippen LogP contribution in [0.1, 0.15) is 5.69 Å². The van der Waals surface area contributed by atoms with Crippen molar-refractivity contribution in [3.05, 3.63) is 36.7 Å². The van der Waals surface area contributed by atoms with Gasteiger partial charge in [0.15, 0.2) is 5.69 Å². The number of nitrogens with one attached hydrogen (secondary N) is 3. The first kappa shape index (κ1) is 10.2. The van der Waals surface area contributed by atoms with Gasteiger partial charge in [-0.2, -0.15) is 5.26 Å². The van der Waals surface area contributed by atoms with Crippen LogP contribution in [-0.4, -0.2) is 19.9 Å². The van der Waals surface area contributed by atoms with Crippen LogP contribution < -0.4 is 10.3 Å². The minimum Gasteiger partial charge on any atom is -0.342 e. The maximum atomic E-state index is 8.62. The predicted molar refractivity (Wildman–Crippen MR) is 62.7 cm³/mol. The van der Waals surface area contributed by atoms with E-state index in [1.165, 1.54) is 12.4 Å². The molecule has 0 aliphatic rings. The van der Waals surface area contributed by atoms with Gasteiger partial charge in [0.05, 0.1) is 24.8 Å². The fourth-order valence-corrected chi connectivity index (χ4v) is 1.53. The number of anilines is 2. The minimum absolute atomic E-state index is 0.285. The van der Waals surface area contributed by atoms with Crippen LogP contribution in [0.25, 0.3) is 11.0 Å². The van der Waals surface area contributed by atoms with E-state index in [1.807, 2.05) is 18.3 Å². The summed E-state index contributed by atoms with van der Waals surface area (Å²) in [6, 6.07) is 3.77. The van der Waals surface area contributed by atoms with Gasteiger partial charge in [-0.25, -0.2) is 25.3 Å². The molecular formula is C11H8N7+. The Morgan fingerprint density at radius 2 is 2.22 bits per heavy atom. The Balaban J connectivity index is 1.88. The minimum atomic E-state index is 0.285. The van der Waals surface area contributed by atoms with E-state index in [4.69, 9.17) is 5.26 Å². The van der Waals surface area contributed by atoms with Gasteiger partial charge in [0.25, 0.3) is 5.82 Å². The van der Waals surface area contributed by atoms with E-state index in [-0.39, 0.29) is 5.69 Å². The zero-order valence-corrected chi connectivity index (χ0v) is 9.18. The van der Waals surface area contributed by atoms with Gasteiger partial charge in [-0.1, -0.05) is 0 Å². The van der Waals surface area contributed by atoms with Crippen molar-refractivity contribution in [2.75, 3.05) is 5.32 Å². The lowest BCUT2D eigenvalue weighted by atomic mass is 10.4. The van der Waals surface area contributed by atoms with Gasteiger partial charge in [0.2, 0.25) is 5.82 Å². The molecule has 0 aliphatic carbocycles. The average Bonchev–Trinajstić information content (AvgIpc) is 2.87. The summed E-state index contributed by atoms with van der Waals surface area (Å²) in [7, 11) is 0. The molecule has 7 nitrogen and oxygen atoms in total. The molecule has 0 aliphatic heterocycles. The summed E-state index contributed by atoms with van der Waals surface area (Å²) in [5.41, 5.74) is 2.05. The Hall–Kier alpha value is -3.01. The molecule has 0 bridgehead atoms. The number of pyridine rings is 1. The number of H-pyrrole nitrogens is 2. The van der Waals surface area contributed by atoms with Gasteiger partial charge in [0.1, 0.15) is 23.3 Å². The van der Waals surface area contributed by atoms with Gasteiger partial charge in [-0.3, -0.25) is 0 Å². The predicted octanol–water partition coefficient (Wildman–Crippen LogP) is 0.782. The monoisotopic (exact) mass is 238 g/mol. The van der Waals surface area contributed by atoms with E-state index in [2.05, 4.69) is 30.2 Å². The third-order valence-electron chi connectivity index (χ3n) is 2.38. The second-order valence-electron chi connectivity index (χ2n) is 3.57. The van der Waals surface area contributed by atoms with Crippen LogP contribution in [0.4, 0.5) is 11.6 Å². The second kappa shape index (κ2) is 4.10. The molecule has 0 saturated carbocycles. The first-order valence-corrected chi connectivity index (χ1v) is 5.19. The molecule has 0 unspecified atom stereocenters. The molecule has 3 rings (SSSR count). The van der Waals surface area contributed by atoms with Crippen molar-refractivity contribution in [2.24, 2.45) is 0 Å². The third-order valence-corrected chi connectivity index (χ3v) is 2.38. The van der Waals surface area contributed by atoms with Gasteiger partial charge in [0, 0.05) is 0 Å². The molecular weight excluding hydrogens is 230 g/mol. The van der Waals surface area contributed by atoms with Crippen molar-refractivity contribution >= 4 is 22.7 Å². The molecule has 0 fully saturated rings. The van der Waals surface area contributed by atoms with E-state index in [1.54, 1.807) is 6.33 Å². The lowest BCUT2D eigenvalue weighted by Crippen LogP contribution is -2.10. The summed E-state index contributed by atoms with van der Waals surface area (Å²) < 4.78 is 0. The highest BCUT2D eigenvalue weighted by molar-refractivity contribution is 5.75. The Kier molecular flexibility index (Phi) is 2.32.